The molecular formula is C12H13N3O6S. The minimum Gasteiger partial charge on any atom is -0.479 e. The van der Waals surface area contributed by atoms with Gasteiger partial charge in [-0.2, -0.15) is 5.10 Å². The number of aromatic nitrogens is 2. The van der Waals surface area contributed by atoms with Crippen LogP contribution in [0.5, 0.6) is 0 Å². The van der Waals surface area contributed by atoms with E-state index in [4.69, 9.17) is 0 Å². The summed E-state index contributed by atoms with van der Waals surface area (Å²) in [6.45, 7) is 1.43. The van der Waals surface area contributed by atoms with Crippen LogP contribution in [0, 0.1) is 5.92 Å². The van der Waals surface area contributed by atoms with E-state index in [0.717, 1.165) is 11.2 Å². The Kier molecular flexibility index (Phi) is 3.01. The van der Waals surface area contributed by atoms with E-state index in [9.17, 15) is 28.2 Å². The largest absolute Gasteiger partial charge is 0.479 e. The molecule has 10 heteroatoms. The van der Waals surface area contributed by atoms with Crippen molar-refractivity contribution in [1.29, 1.82) is 0 Å². The van der Waals surface area contributed by atoms with E-state index < -0.39 is 45.8 Å². The number of carboxylic acids is 1. The van der Waals surface area contributed by atoms with Gasteiger partial charge in [-0.25, -0.2) is 13.2 Å². The molecule has 0 spiro atoms. The highest BCUT2D eigenvalue weighted by molar-refractivity contribution is 7.90. The van der Waals surface area contributed by atoms with Crippen LogP contribution in [-0.4, -0.2) is 58.0 Å². The lowest BCUT2D eigenvalue weighted by molar-refractivity contribution is -0.174. The first-order valence-corrected chi connectivity index (χ1v) is 8.34. The molecule has 9 nitrogen and oxygen atoms in total. The van der Waals surface area contributed by atoms with Crippen LogP contribution in [0.2, 0.25) is 0 Å². The van der Waals surface area contributed by atoms with Crippen LogP contribution in [0.4, 0.5) is 0 Å². The summed E-state index contributed by atoms with van der Waals surface area (Å²) in [5, 5.41) is 26.0. The van der Waals surface area contributed by atoms with Crippen molar-refractivity contribution >= 4 is 21.7 Å². The number of carboxylic acid groups (broad SMARTS) is 1. The fourth-order valence-corrected chi connectivity index (χ4v) is 3.56. The molecule has 0 aromatic carbocycles. The van der Waals surface area contributed by atoms with Gasteiger partial charge in [-0.3, -0.25) is 4.79 Å². The zero-order valence-electron chi connectivity index (χ0n) is 11.7. The Balaban J connectivity index is 2.17. The standard InChI is InChI=1S/C12H13N3O6S/c1-4(16)7-9-5-3-6(22(2,20)21)13-14-8(5)10(12(18)19)15(9)11(7)17/h3-4,7,9-10,16H,1-2H3,(H,18,19)/t4-,7-,9-,10+/m1/s1. The number of amides is 1. The number of hydrogen-bond acceptors (Lipinski definition) is 7. The summed E-state index contributed by atoms with van der Waals surface area (Å²) in [5.74, 6) is -2.58. The Labute approximate surface area is 125 Å². The number of fused-ring (bicyclic) bond motifs is 3. The van der Waals surface area contributed by atoms with Crippen LogP contribution in [0.3, 0.4) is 0 Å². The summed E-state index contributed by atoms with van der Waals surface area (Å²) < 4.78 is 23.2. The van der Waals surface area contributed by atoms with E-state index in [1.54, 1.807) is 0 Å². The number of nitrogens with zero attached hydrogens (tertiary/aromatic N) is 3. The molecule has 0 aliphatic carbocycles. The zero-order chi connectivity index (χ0) is 16.4. The number of rotatable bonds is 3. The normalized spacial score (nSPS) is 27.9. The second kappa shape index (κ2) is 4.46. The van der Waals surface area contributed by atoms with Gasteiger partial charge in [-0.15, -0.1) is 5.10 Å². The van der Waals surface area contributed by atoms with E-state index in [2.05, 4.69) is 10.2 Å². The lowest BCUT2D eigenvalue weighted by atomic mass is 9.82. The van der Waals surface area contributed by atoms with Gasteiger partial charge in [0.15, 0.2) is 20.9 Å². The molecule has 0 unspecified atom stereocenters. The van der Waals surface area contributed by atoms with Gasteiger partial charge in [0.05, 0.1) is 18.1 Å². The topological polar surface area (TPSA) is 138 Å². The smallest absolute Gasteiger partial charge is 0.332 e. The third-order valence-corrected chi connectivity index (χ3v) is 4.96. The van der Waals surface area contributed by atoms with Gasteiger partial charge in [0.1, 0.15) is 5.69 Å². The summed E-state index contributed by atoms with van der Waals surface area (Å²) in [6, 6.07) is -0.761. The molecular weight excluding hydrogens is 314 g/mol. The van der Waals surface area contributed by atoms with Crippen molar-refractivity contribution < 1.29 is 28.2 Å². The van der Waals surface area contributed by atoms with Gasteiger partial charge in [0.2, 0.25) is 5.91 Å². The second-order valence-corrected chi connectivity index (χ2v) is 7.46. The van der Waals surface area contributed by atoms with Gasteiger partial charge in [-0.05, 0) is 13.0 Å². The van der Waals surface area contributed by atoms with Crippen LogP contribution in [0.1, 0.15) is 30.3 Å². The molecule has 0 radical (unpaired) electrons. The van der Waals surface area contributed by atoms with Crippen LogP contribution < -0.4 is 0 Å². The third-order valence-electron chi connectivity index (χ3n) is 4.00. The summed E-state index contributed by atoms with van der Waals surface area (Å²) in [4.78, 5) is 24.6. The molecule has 1 aromatic rings. The fourth-order valence-electron chi connectivity index (χ4n) is 3.03. The first-order valence-electron chi connectivity index (χ1n) is 6.45. The quantitative estimate of drug-likeness (QED) is 0.667. The van der Waals surface area contributed by atoms with Crippen LogP contribution >= 0.6 is 0 Å². The molecule has 1 fully saturated rings. The van der Waals surface area contributed by atoms with E-state index in [1.807, 2.05) is 0 Å². The highest BCUT2D eigenvalue weighted by Crippen LogP contribution is 2.53. The van der Waals surface area contributed by atoms with Crippen molar-refractivity contribution in [1.82, 2.24) is 15.1 Å². The third kappa shape index (κ3) is 1.83. The van der Waals surface area contributed by atoms with Gasteiger partial charge < -0.3 is 15.1 Å². The van der Waals surface area contributed by atoms with Gasteiger partial charge in [0.25, 0.3) is 0 Å². The van der Waals surface area contributed by atoms with Crippen molar-refractivity contribution in [2.45, 2.75) is 30.1 Å². The minimum absolute atomic E-state index is 0.0430. The monoisotopic (exact) mass is 327 g/mol. The fraction of sp³-hybridized carbons (Fsp3) is 0.500. The Morgan fingerprint density at radius 2 is 2.05 bits per heavy atom. The first-order chi connectivity index (χ1) is 10.1. The number of carbonyl (C=O) groups is 2. The van der Waals surface area contributed by atoms with E-state index in [0.29, 0.717) is 5.56 Å². The van der Waals surface area contributed by atoms with E-state index >= 15 is 0 Å². The Bertz CT molecular complexity index is 790. The summed E-state index contributed by atoms with van der Waals surface area (Å²) in [6.07, 6.45) is -0.0212. The van der Waals surface area contributed by atoms with Gasteiger partial charge in [-0.1, -0.05) is 0 Å². The maximum absolute atomic E-state index is 12.1. The Morgan fingerprint density at radius 1 is 1.41 bits per heavy atom. The predicted octanol–water partition coefficient (Wildman–Crippen LogP) is -1.10. The maximum Gasteiger partial charge on any atom is 0.332 e. The lowest BCUT2D eigenvalue weighted by Gasteiger charge is -2.45. The molecule has 2 N–H and O–H groups in total. The van der Waals surface area contributed by atoms with Crippen molar-refractivity contribution in [3.63, 3.8) is 0 Å². The van der Waals surface area contributed by atoms with Crippen molar-refractivity contribution in [3.8, 4) is 0 Å². The average Bonchev–Trinajstić information content (AvgIpc) is 2.67. The lowest BCUT2D eigenvalue weighted by Crippen LogP contribution is -2.57. The van der Waals surface area contributed by atoms with Crippen molar-refractivity contribution in [2.75, 3.05) is 6.26 Å². The van der Waals surface area contributed by atoms with Gasteiger partial charge >= 0.3 is 5.97 Å². The van der Waals surface area contributed by atoms with E-state index in [1.165, 1.54) is 13.0 Å². The van der Waals surface area contributed by atoms with Crippen molar-refractivity contribution in [2.24, 2.45) is 5.92 Å². The Hall–Kier alpha value is -2.07. The number of aliphatic hydroxyl groups excluding tert-OH is 1. The molecule has 2 aliphatic heterocycles. The molecule has 1 saturated heterocycles. The molecule has 118 valence electrons. The number of hydrogen-bond donors (Lipinski definition) is 2. The number of β-lactam (4-membered cyclic amide) rings is 1. The average molecular weight is 327 g/mol. The van der Waals surface area contributed by atoms with E-state index in [-0.39, 0.29) is 10.7 Å². The summed E-state index contributed by atoms with van der Waals surface area (Å²) in [7, 11) is -3.62. The van der Waals surface area contributed by atoms with Gasteiger partial charge in [0, 0.05) is 11.8 Å². The Morgan fingerprint density at radius 3 is 2.55 bits per heavy atom. The SMILES string of the molecule is C[C@@H](O)[C@H]1C(=O)N2[C@H](C(=O)O)c3nnc(S(C)(=O)=O)cc3[C@H]12. The summed E-state index contributed by atoms with van der Waals surface area (Å²) >= 11 is 0. The summed E-state index contributed by atoms with van der Waals surface area (Å²) in [5.41, 5.74) is 0.356. The molecule has 0 bridgehead atoms. The van der Waals surface area contributed by atoms with Crippen molar-refractivity contribution in [3.05, 3.63) is 17.3 Å². The minimum atomic E-state index is -3.62. The number of aliphatic carboxylic acids is 1. The van der Waals surface area contributed by atoms with Crippen LogP contribution in [-0.2, 0) is 19.4 Å². The molecule has 3 rings (SSSR count). The number of sulfone groups is 1. The molecule has 1 aromatic heterocycles. The molecule has 4 atom stereocenters. The van der Waals surface area contributed by atoms with Crippen LogP contribution in [0.25, 0.3) is 0 Å². The highest BCUT2D eigenvalue weighted by atomic mass is 32.2. The number of carbonyl (C=O) groups excluding carboxylic acids is 1. The highest BCUT2D eigenvalue weighted by Gasteiger charge is 2.61. The molecule has 0 saturated carbocycles. The second-order valence-electron chi connectivity index (χ2n) is 5.49. The molecule has 2 aliphatic rings. The zero-order valence-corrected chi connectivity index (χ0v) is 12.5. The number of aliphatic hydroxyl groups is 1. The first kappa shape index (κ1) is 14.9. The molecule has 1 amide bonds. The molecule has 22 heavy (non-hydrogen) atoms. The van der Waals surface area contributed by atoms with Crippen LogP contribution in [0.15, 0.2) is 11.1 Å². The maximum atomic E-state index is 12.1. The molecule has 3 heterocycles. The predicted molar refractivity (Wildman–Crippen MR) is 70.3 cm³/mol.